The van der Waals surface area contributed by atoms with Crippen LogP contribution in [0.3, 0.4) is 0 Å². The van der Waals surface area contributed by atoms with Crippen LogP contribution in [0, 0.1) is 5.92 Å². The van der Waals surface area contributed by atoms with Crippen molar-refractivity contribution in [3.05, 3.63) is 0 Å². The molecule has 0 rings (SSSR count). The van der Waals surface area contributed by atoms with Crippen molar-refractivity contribution < 1.29 is 38.5 Å². The van der Waals surface area contributed by atoms with Crippen LogP contribution in [-0.2, 0) is 33.4 Å². The minimum atomic E-state index is -0.543. The summed E-state index contributed by atoms with van der Waals surface area (Å²) in [6.45, 7) is 2.70. The van der Waals surface area contributed by atoms with Crippen molar-refractivity contribution in [3.63, 3.8) is 0 Å². The van der Waals surface area contributed by atoms with Crippen LogP contribution in [0.4, 0.5) is 0 Å². The van der Waals surface area contributed by atoms with Crippen LogP contribution >= 0.6 is 0 Å². The van der Waals surface area contributed by atoms with Crippen LogP contribution < -0.4 is 21.3 Å². The lowest BCUT2D eigenvalue weighted by atomic mass is 10.0. The van der Waals surface area contributed by atoms with Crippen molar-refractivity contribution >= 4 is 23.6 Å². The highest BCUT2D eigenvalue weighted by molar-refractivity contribution is 5.85. The molecule has 0 bridgehead atoms. The lowest BCUT2D eigenvalue weighted by Crippen LogP contribution is -2.44. The molecule has 0 heterocycles. The third-order valence-corrected chi connectivity index (χ3v) is 6.33. The van der Waals surface area contributed by atoms with E-state index >= 15 is 0 Å². The Hall–Kier alpha value is -2.28. The van der Waals surface area contributed by atoms with Gasteiger partial charge in [-0.05, 0) is 51.4 Å². The second-order valence-electron chi connectivity index (χ2n) is 9.99. The molecule has 0 aromatic rings. The van der Waals surface area contributed by atoms with Crippen LogP contribution in [-0.4, -0.2) is 102 Å². The lowest BCUT2D eigenvalue weighted by Gasteiger charge is -2.19. The van der Waals surface area contributed by atoms with Crippen molar-refractivity contribution in [2.75, 3.05) is 67.4 Å². The van der Waals surface area contributed by atoms with Crippen molar-refractivity contribution in [1.29, 1.82) is 0 Å². The van der Waals surface area contributed by atoms with Crippen molar-refractivity contribution in [2.24, 2.45) is 5.92 Å². The Bertz CT molecular complexity index is 681. The zero-order valence-corrected chi connectivity index (χ0v) is 24.9. The fraction of sp³-hybridized carbons (Fsp3) is 0.857. The predicted octanol–water partition coefficient (Wildman–Crippen LogP) is 1.05. The van der Waals surface area contributed by atoms with Gasteiger partial charge in [0.25, 0.3) is 0 Å². The molecular formula is C28H54N4O8. The zero-order chi connectivity index (χ0) is 29.8. The van der Waals surface area contributed by atoms with Gasteiger partial charge in [-0.25, -0.2) is 0 Å². The molecule has 0 saturated heterocycles. The molecule has 0 spiro atoms. The number of ether oxygens (including phenoxy) is 3. The molecule has 0 aliphatic rings. The molecule has 5 N–H and O–H groups in total. The highest BCUT2D eigenvalue weighted by Gasteiger charge is 2.18. The zero-order valence-electron chi connectivity index (χ0n) is 24.9. The number of hydrogen-bond donors (Lipinski definition) is 5. The molecule has 0 saturated carbocycles. The van der Waals surface area contributed by atoms with Gasteiger partial charge in [0.1, 0.15) is 0 Å². The van der Waals surface area contributed by atoms with Gasteiger partial charge in [-0.1, -0.05) is 6.42 Å². The summed E-state index contributed by atoms with van der Waals surface area (Å²) in [5.41, 5.74) is 0. The first kappa shape index (κ1) is 37.7. The van der Waals surface area contributed by atoms with Crippen LogP contribution in [0.15, 0.2) is 0 Å². The van der Waals surface area contributed by atoms with Gasteiger partial charge in [0, 0.05) is 85.5 Å². The number of amides is 4. The number of aliphatic hydroxyl groups excluding tert-OH is 1. The second-order valence-corrected chi connectivity index (χ2v) is 9.99. The van der Waals surface area contributed by atoms with E-state index in [0.717, 1.165) is 44.9 Å². The van der Waals surface area contributed by atoms with Crippen molar-refractivity contribution in [3.8, 4) is 0 Å². The third kappa shape index (κ3) is 23.6. The Morgan fingerprint density at radius 2 is 1.27 bits per heavy atom. The number of hydrogen-bond acceptors (Lipinski definition) is 8. The average Bonchev–Trinajstić information content (AvgIpc) is 2.94. The van der Waals surface area contributed by atoms with Crippen molar-refractivity contribution in [2.45, 2.75) is 83.1 Å². The highest BCUT2D eigenvalue weighted by atomic mass is 16.5. The molecule has 0 radical (unpaired) electrons. The molecule has 40 heavy (non-hydrogen) atoms. The summed E-state index contributed by atoms with van der Waals surface area (Å²) in [7, 11) is 4.87. The Morgan fingerprint density at radius 1 is 0.650 bits per heavy atom. The Morgan fingerprint density at radius 3 is 1.93 bits per heavy atom. The third-order valence-electron chi connectivity index (χ3n) is 6.33. The number of aliphatic hydroxyl groups is 1. The molecule has 0 aromatic carbocycles. The van der Waals surface area contributed by atoms with Gasteiger partial charge < -0.3 is 40.6 Å². The number of methoxy groups -OCH3 is 3. The molecule has 12 nitrogen and oxygen atoms in total. The van der Waals surface area contributed by atoms with Gasteiger partial charge in [0.2, 0.25) is 23.6 Å². The summed E-state index contributed by atoms with van der Waals surface area (Å²) >= 11 is 0. The van der Waals surface area contributed by atoms with Crippen LogP contribution in [0.2, 0.25) is 0 Å². The largest absolute Gasteiger partial charge is 0.396 e. The first-order chi connectivity index (χ1) is 19.4. The SMILES string of the molecule is COCCCCCNC(=O)CCC(CC(=O)NCCCCC(CO)COC)NC(=O)CNC(=O)CCCCOC. The quantitative estimate of drug-likeness (QED) is 0.0909. The van der Waals surface area contributed by atoms with Crippen LogP contribution in [0.1, 0.15) is 77.0 Å². The topological polar surface area (TPSA) is 164 Å². The van der Waals surface area contributed by atoms with Gasteiger partial charge in [-0.2, -0.15) is 0 Å². The fourth-order valence-corrected chi connectivity index (χ4v) is 4.02. The second kappa shape index (κ2) is 26.9. The van der Waals surface area contributed by atoms with Crippen LogP contribution in [0.25, 0.3) is 0 Å². The standard InChI is InChI=1S/C28H54N4O8/c1-38-17-9-4-7-15-29-26(35)14-13-24(32-28(37)20-31-25(34)12-6-10-18-39-2)19-27(36)30-16-8-5-11-23(21-33)22-40-3/h23-24,33H,4-22H2,1-3H3,(H,29,35)(H,30,36)(H,31,34)(H,32,37). The molecule has 0 aromatic heterocycles. The number of nitrogens with one attached hydrogen (secondary N) is 4. The molecule has 0 fully saturated rings. The predicted molar refractivity (Wildman–Crippen MR) is 153 cm³/mol. The van der Waals surface area contributed by atoms with Gasteiger partial charge >= 0.3 is 0 Å². The summed E-state index contributed by atoms with van der Waals surface area (Å²) in [5, 5.41) is 20.5. The highest BCUT2D eigenvalue weighted by Crippen LogP contribution is 2.08. The minimum Gasteiger partial charge on any atom is -0.396 e. The number of unbranched alkanes of at least 4 members (excludes halogenated alkanes) is 4. The van der Waals surface area contributed by atoms with Gasteiger partial charge in [0.05, 0.1) is 13.2 Å². The molecule has 234 valence electrons. The summed E-state index contributed by atoms with van der Waals surface area (Å²) in [6, 6.07) is -0.543. The number of carbonyl (C=O) groups excluding carboxylic acids is 4. The summed E-state index contributed by atoms with van der Waals surface area (Å²) in [6.07, 6.45) is 7.38. The molecule has 0 aliphatic carbocycles. The Balaban J connectivity index is 4.60. The maximum absolute atomic E-state index is 12.6. The first-order valence-corrected chi connectivity index (χ1v) is 14.5. The van der Waals surface area contributed by atoms with E-state index in [0.29, 0.717) is 52.2 Å². The molecule has 2 atom stereocenters. The summed E-state index contributed by atoms with van der Waals surface area (Å²) < 4.78 is 15.1. The summed E-state index contributed by atoms with van der Waals surface area (Å²) in [5.74, 6) is -0.899. The number of carbonyl (C=O) groups is 4. The van der Waals surface area contributed by atoms with E-state index in [4.69, 9.17) is 14.2 Å². The molecule has 12 heteroatoms. The molecule has 0 aliphatic heterocycles. The van der Waals surface area contributed by atoms with E-state index < -0.39 is 11.9 Å². The van der Waals surface area contributed by atoms with E-state index in [2.05, 4.69) is 21.3 Å². The van der Waals surface area contributed by atoms with E-state index in [-0.39, 0.29) is 49.6 Å². The maximum atomic E-state index is 12.6. The average molecular weight is 575 g/mol. The normalized spacial score (nSPS) is 12.4. The first-order valence-electron chi connectivity index (χ1n) is 14.5. The Kier molecular flexibility index (Phi) is 25.4. The number of rotatable bonds is 27. The van der Waals surface area contributed by atoms with Gasteiger partial charge in [-0.3, -0.25) is 19.2 Å². The molecule has 2 unspecified atom stereocenters. The van der Waals surface area contributed by atoms with E-state index in [1.165, 1.54) is 0 Å². The van der Waals surface area contributed by atoms with E-state index in [1.54, 1.807) is 21.3 Å². The fourth-order valence-electron chi connectivity index (χ4n) is 4.02. The Labute approximate surface area is 240 Å². The van der Waals surface area contributed by atoms with E-state index in [1.807, 2.05) is 0 Å². The molecule has 4 amide bonds. The van der Waals surface area contributed by atoms with Gasteiger partial charge in [-0.15, -0.1) is 0 Å². The van der Waals surface area contributed by atoms with Crippen molar-refractivity contribution in [1.82, 2.24) is 21.3 Å². The maximum Gasteiger partial charge on any atom is 0.239 e. The minimum absolute atomic E-state index is 0.0317. The monoisotopic (exact) mass is 574 g/mol. The molecular weight excluding hydrogens is 520 g/mol. The van der Waals surface area contributed by atoms with Crippen LogP contribution in [0.5, 0.6) is 0 Å². The lowest BCUT2D eigenvalue weighted by molar-refractivity contribution is -0.127. The smallest absolute Gasteiger partial charge is 0.239 e. The van der Waals surface area contributed by atoms with Gasteiger partial charge in [0.15, 0.2) is 0 Å². The van der Waals surface area contributed by atoms with E-state index in [9.17, 15) is 24.3 Å². The summed E-state index contributed by atoms with van der Waals surface area (Å²) in [4.78, 5) is 49.3.